The van der Waals surface area contributed by atoms with Crippen LogP contribution >= 0.6 is 46.4 Å². The van der Waals surface area contributed by atoms with E-state index in [1.54, 1.807) is 30.3 Å². The van der Waals surface area contributed by atoms with Crippen LogP contribution in [0.1, 0.15) is 5.56 Å². The van der Waals surface area contributed by atoms with Gasteiger partial charge in [-0.1, -0.05) is 58.5 Å². The Kier molecular flexibility index (Phi) is 5.17. The van der Waals surface area contributed by atoms with Gasteiger partial charge < -0.3 is 5.11 Å². The molecule has 0 unspecified atom stereocenters. The van der Waals surface area contributed by atoms with Crippen LogP contribution in [-0.2, 0) is 4.79 Å². The zero-order chi connectivity index (χ0) is 15.6. The summed E-state index contributed by atoms with van der Waals surface area (Å²) in [5, 5.41) is 10.1. The Balaban J connectivity index is 2.64. The minimum absolute atomic E-state index is 0.270. The molecule has 21 heavy (non-hydrogen) atoms. The summed E-state index contributed by atoms with van der Waals surface area (Å²) in [4.78, 5) is 10.7. The van der Waals surface area contributed by atoms with E-state index in [-0.39, 0.29) is 5.02 Å². The summed E-state index contributed by atoms with van der Waals surface area (Å²) in [5.41, 5.74) is 1.97. The van der Waals surface area contributed by atoms with E-state index in [0.717, 1.165) is 6.08 Å². The first-order valence-corrected chi connectivity index (χ1v) is 7.25. The summed E-state index contributed by atoms with van der Waals surface area (Å²) in [6.45, 7) is 0. The molecule has 0 aliphatic rings. The molecule has 0 saturated heterocycles. The molecule has 1 N–H and O–H groups in total. The van der Waals surface area contributed by atoms with E-state index < -0.39 is 5.97 Å². The van der Waals surface area contributed by atoms with Crippen molar-refractivity contribution in [3.63, 3.8) is 0 Å². The highest BCUT2D eigenvalue weighted by molar-refractivity contribution is 6.48. The molecule has 0 spiro atoms. The Morgan fingerprint density at radius 3 is 2.19 bits per heavy atom. The van der Waals surface area contributed by atoms with Gasteiger partial charge in [0.1, 0.15) is 0 Å². The fourth-order valence-corrected chi connectivity index (χ4v) is 2.66. The smallest absolute Gasteiger partial charge is 0.328 e. The topological polar surface area (TPSA) is 37.3 Å². The van der Waals surface area contributed by atoms with Crippen molar-refractivity contribution in [2.24, 2.45) is 0 Å². The standard InChI is InChI=1S/C15H8Cl4O2/c16-11-3-1-2-9(10(11)4-5-14(20)21)8-6-12(17)15(19)13(18)7-8/h1-7H,(H,20,21)/b5-4+. The normalized spacial score (nSPS) is 11.0. The van der Waals surface area contributed by atoms with Crippen molar-refractivity contribution >= 4 is 58.4 Å². The lowest BCUT2D eigenvalue weighted by Crippen LogP contribution is -1.89. The highest BCUT2D eigenvalue weighted by Gasteiger charge is 2.11. The van der Waals surface area contributed by atoms with Crippen LogP contribution in [-0.4, -0.2) is 11.1 Å². The first kappa shape index (κ1) is 16.2. The Bertz CT molecular complexity index is 715. The first-order valence-electron chi connectivity index (χ1n) is 5.74. The van der Waals surface area contributed by atoms with Gasteiger partial charge in [-0.25, -0.2) is 4.79 Å². The van der Waals surface area contributed by atoms with Gasteiger partial charge in [-0.05, 0) is 35.4 Å². The number of hydrogen-bond acceptors (Lipinski definition) is 1. The third kappa shape index (κ3) is 3.72. The van der Waals surface area contributed by atoms with Crippen molar-refractivity contribution < 1.29 is 9.90 Å². The van der Waals surface area contributed by atoms with E-state index >= 15 is 0 Å². The Morgan fingerprint density at radius 2 is 1.62 bits per heavy atom. The Labute approximate surface area is 141 Å². The minimum atomic E-state index is -1.06. The van der Waals surface area contributed by atoms with Crippen LogP contribution in [0.5, 0.6) is 0 Å². The molecule has 0 fully saturated rings. The highest BCUT2D eigenvalue weighted by atomic mass is 35.5. The van der Waals surface area contributed by atoms with Crippen LogP contribution in [0.25, 0.3) is 17.2 Å². The molecule has 2 aromatic rings. The second-order valence-electron chi connectivity index (χ2n) is 4.13. The summed E-state index contributed by atoms with van der Waals surface area (Å²) in [5.74, 6) is -1.06. The third-order valence-corrected chi connectivity index (χ3v) is 4.27. The minimum Gasteiger partial charge on any atom is -0.478 e. The van der Waals surface area contributed by atoms with E-state index in [1.807, 2.05) is 0 Å². The lowest BCUT2D eigenvalue weighted by molar-refractivity contribution is -0.131. The average molecular weight is 362 g/mol. The van der Waals surface area contributed by atoms with Gasteiger partial charge in [0.2, 0.25) is 0 Å². The molecule has 0 aromatic heterocycles. The number of rotatable bonds is 3. The predicted octanol–water partition coefficient (Wildman–Crippen LogP) is 6.07. The second-order valence-corrected chi connectivity index (χ2v) is 5.73. The molecule has 2 rings (SSSR count). The maximum atomic E-state index is 10.7. The lowest BCUT2D eigenvalue weighted by atomic mass is 9.99. The van der Waals surface area contributed by atoms with Crippen LogP contribution in [0.2, 0.25) is 20.1 Å². The molecule has 2 aromatic carbocycles. The van der Waals surface area contributed by atoms with E-state index in [9.17, 15) is 4.79 Å². The monoisotopic (exact) mass is 360 g/mol. The first-order chi connectivity index (χ1) is 9.90. The largest absolute Gasteiger partial charge is 0.478 e. The van der Waals surface area contributed by atoms with Gasteiger partial charge >= 0.3 is 5.97 Å². The quantitative estimate of drug-likeness (QED) is 0.532. The number of halogens is 4. The van der Waals surface area contributed by atoms with Gasteiger partial charge in [-0.2, -0.15) is 0 Å². The molecule has 0 aliphatic heterocycles. The zero-order valence-electron chi connectivity index (χ0n) is 10.4. The van der Waals surface area contributed by atoms with Gasteiger partial charge in [0.25, 0.3) is 0 Å². The van der Waals surface area contributed by atoms with Crippen LogP contribution in [0.4, 0.5) is 0 Å². The van der Waals surface area contributed by atoms with Gasteiger partial charge in [0.05, 0.1) is 15.1 Å². The second kappa shape index (κ2) is 6.71. The number of carboxylic acid groups (broad SMARTS) is 1. The molecule has 2 nitrogen and oxygen atoms in total. The van der Waals surface area contributed by atoms with Crippen molar-refractivity contribution in [1.82, 2.24) is 0 Å². The van der Waals surface area contributed by atoms with Gasteiger partial charge in [0.15, 0.2) is 0 Å². The zero-order valence-corrected chi connectivity index (χ0v) is 13.4. The molecule has 0 bridgehead atoms. The van der Waals surface area contributed by atoms with Crippen LogP contribution in [0.15, 0.2) is 36.4 Å². The number of carboxylic acids is 1. The molecule has 0 aliphatic carbocycles. The molecule has 0 heterocycles. The van der Waals surface area contributed by atoms with Crippen LogP contribution < -0.4 is 0 Å². The lowest BCUT2D eigenvalue weighted by Gasteiger charge is -2.10. The molecule has 0 atom stereocenters. The summed E-state index contributed by atoms with van der Waals surface area (Å²) in [7, 11) is 0. The molecular formula is C15H8Cl4O2. The molecule has 0 saturated carbocycles. The van der Waals surface area contributed by atoms with Crippen molar-refractivity contribution in [3.05, 3.63) is 62.1 Å². The highest BCUT2D eigenvalue weighted by Crippen LogP contribution is 2.37. The van der Waals surface area contributed by atoms with Gasteiger partial charge in [0, 0.05) is 16.7 Å². The van der Waals surface area contributed by atoms with Gasteiger partial charge in [-0.15, -0.1) is 0 Å². The maximum absolute atomic E-state index is 10.7. The molecule has 6 heteroatoms. The number of benzene rings is 2. The SMILES string of the molecule is O=C(O)/C=C/c1c(Cl)cccc1-c1cc(Cl)c(Cl)c(Cl)c1. The molecule has 0 radical (unpaired) electrons. The van der Waals surface area contributed by atoms with Crippen molar-refractivity contribution in [1.29, 1.82) is 0 Å². The van der Waals surface area contributed by atoms with Crippen molar-refractivity contribution in [3.8, 4) is 11.1 Å². The van der Waals surface area contributed by atoms with Gasteiger partial charge in [-0.3, -0.25) is 0 Å². The number of carbonyl (C=O) groups is 1. The summed E-state index contributed by atoms with van der Waals surface area (Å²) >= 11 is 24.1. The Hall–Kier alpha value is -1.19. The van der Waals surface area contributed by atoms with E-state index in [2.05, 4.69) is 0 Å². The number of aliphatic carboxylic acids is 1. The van der Waals surface area contributed by atoms with E-state index in [1.165, 1.54) is 6.08 Å². The summed E-state index contributed by atoms with van der Waals surface area (Å²) < 4.78 is 0. The maximum Gasteiger partial charge on any atom is 0.328 e. The fourth-order valence-electron chi connectivity index (χ4n) is 1.82. The van der Waals surface area contributed by atoms with E-state index in [4.69, 9.17) is 51.5 Å². The molecule has 0 amide bonds. The Morgan fingerprint density at radius 1 is 1.00 bits per heavy atom. The predicted molar refractivity (Wildman–Crippen MR) is 88.6 cm³/mol. The van der Waals surface area contributed by atoms with E-state index in [0.29, 0.717) is 31.8 Å². The summed E-state index contributed by atoms with van der Waals surface area (Å²) in [6, 6.07) is 8.53. The summed E-state index contributed by atoms with van der Waals surface area (Å²) in [6.07, 6.45) is 2.44. The number of hydrogen-bond donors (Lipinski definition) is 1. The third-order valence-electron chi connectivity index (χ3n) is 2.74. The average Bonchev–Trinajstić information content (AvgIpc) is 2.42. The fraction of sp³-hybridized carbons (Fsp3) is 0. The molecule has 108 valence electrons. The van der Waals surface area contributed by atoms with Crippen molar-refractivity contribution in [2.45, 2.75) is 0 Å². The van der Waals surface area contributed by atoms with Crippen LogP contribution in [0, 0.1) is 0 Å². The van der Waals surface area contributed by atoms with Crippen LogP contribution in [0.3, 0.4) is 0 Å². The van der Waals surface area contributed by atoms with Crippen molar-refractivity contribution in [2.75, 3.05) is 0 Å². The molecular weight excluding hydrogens is 354 g/mol.